The molecule has 11 heteroatoms. The van der Waals surface area contributed by atoms with Crippen molar-refractivity contribution in [2.75, 3.05) is 25.6 Å². The molecule has 0 spiro atoms. The van der Waals surface area contributed by atoms with E-state index in [0.717, 1.165) is 11.3 Å². The van der Waals surface area contributed by atoms with Crippen LogP contribution in [-0.4, -0.2) is 49.0 Å². The number of benzene rings is 1. The predicted octanol–water partition coefficient (Wildman–Crippen LogP) is 3.38. The minimum Gasteiger partial charge on any atom is -0.462 e. The van der Waals surface area contributed by atoms with Gasteiger partial charge >= 0.3 is 11.9 Å². The molecule has 0 fully saturated rings. The number of hydrogen-bond donors (Lipinski definition) is 2. The molecule has 0 saturated heterocycles. The summed E-state index contributed by atoms with van der Waals surface area (Å²) in [6.07, 6.45) is 0. The average Bonchev–Trinajstić information content (AvgIpc) is 3.12. The van der Waals surface area contributed by atoms with Crippen molar-refractivity contribution in [1.82, 2.24) is 10.3 Å². The maximum atomic E-state index is 13.4. The molecule has 9 nitrogen and oxygen atoms in total. The van der Waals surface area contributed by atoms with E-state index in [1.807, 2.05) is 0 Å². The van der Waals surface area contributed by atoms with Crippen LogP contribution in [0.15, 0.2) is 24.3 Å². The molecule has 0 aliphatic carbocycles. The quantitative estimate of drug-likeness (QED) is 0.490. The zero-order chi connectivity index (χ0) is 25.0. The second-order valence-electron chi connectivity index (χ2n) is 7.14. The molecule has 0 aliphatic rings. The van der Waals surface area contributed by atoms with Crippen LogP contribution in [0.4, 0.5) is 9.39 Å². The molecule has 2 amide bonds. The topological polar surface area (TPSA) is 124 Å². The number of carbonyl (C=O) groups is 4. The molecule has 0 saturated carbocycles. The van der Waals surface area contributed by atoms with Crippen molar-refractivity contribution in [3.63, 3.8) is 0 Å². The number of aromatic nitrogens is 1. The van der Waals surface area contributed by atoms with Crippen LogP contribution in [0.1, 0.15) is 48.6 Å². The van der Waals surface area contributed by atoms with Crippen LogP contribution in [-0.2, 0) is 14.3 Å². The maximum Gasteiger partial charge on any atom is 0.341 e. The Balaban J connectivity index is 1.76. The van der Waals surface area contributed by atoms with Gasteiger partial charge in [-0.1, -0.05) is 0 Å². The van der Waals surface area contributed by atoms with Crippen LogP contribution in [0.3, 0.4) is 0 Å². The normalized spacial score (nSPS) is 10.6. The SMILES string of the molecule is CCOC(=O)c1c(NC(=O)COC(=O)c2cc3ccc(F)cc3nc2C)sc(C(=O)NC)c1C. The molecular formula is C23H22FN3O6S. The van der Waals surface area contributed by atoms with Gasteiger partial charge in [0.25, 0.3) is 11.8 Å². The van der Waals surface area contributed by atoms with Crippen molar-refractivity contribution < 1.29 is 33.0 Å². The molecule has 0 aliphatic heterocycles. The number of aryl methyl sites for hydroxylation is 1. The predicted molar refractivity (Wildman–Crippen MR) is 124 cm³/mol. The fraction of sp³-hybridized carbons (Fsp3) is 0.261. The van der Waals surface area contributed by atoms with Crippen molar-refractivity contribution in [3.8, 4) is 0 Å². The smallest absolute Gasteiger partial charge is 0.341 e. The van der Waals surface area contributed by atoms with Gasteiger partial charge in [-0.25, -0.2) is 14.0 Å². The number of nitrogens with one attached hydrogen (secondary N) is 2. The number of halogens is 1. The fourth-order valence-corrected chi connectivity index (χ4v) is 4.35. The third-order valence-corrected chi connectivity index (χ3v) is 6.04. The molecule has 2 heterocycles. The lowest BCUT2D eigenvalue weighted by molar-refractivity contribution is -0.119. The average molecular weight is 488 g/mol. The highest BCUT2D eigenvalue weighted by atomic mass is 32.1. The Labute approximate surface area is 198 Å². The highest BCUT2D eigenvalue weighted by molar-refractivity contribution is 7.18. The Hall–Kier alpha value is -3.86. The van der Waals surface area contributed by atoms with E-state index in [9.17, 15) is 23.6 Å². The number of carbonyl (C=O) groups excluding carboxylic acids is 4. The van der Waals surface area contributed by atoms with E-state index < -0.39 is 36.2 Å². The summed E-state index contributed by atoms with van der Waals surface area (Å²) in [5.74, 6) is -3.05. The van der Waals surface area contributed by atoms with Gasteiger partial charge in [0, 0.05) is 18.5 Å². The van der Waals surface area contributed by atoms with Crippen molar-refractivity contribution >= 4 is 51.0 Å². The summed E-state index contributed by atoms with van der Waals surface area (Å²) in [6.45, 7) is 4.25. The summed E-state index contributed by atoms with van der Waals surface area (Å²) in [7, 11) is 1.45. The number of thiophene rings is 1. The van der Waals surface area contributed by atoms with Gasteiger partial charge in [-0.3, -0.25) is 14.6 Å². The first-order valence-corrected chi connectivity index (χ1v) is 11.0. The number of esters is 2. The van der Waals surface area contributed by atoms with Gasteiger partial charge < -0.3 is 20.1 Å². The van der Waals surface area contributed by atoms with Crippen molar-refractivity contribution in [1.29, 1.82) is 0 Å². The number of fused-ring (bicyclic) bond motifs is 1. The van der Waals surface area contributed by atoms with Crippen LogP contribution < -0.4 is 10.6 Å². The zero-order valence-electron chi connectivity index (χ0n) is 18.9. The molecule has 3 rings (SSSR count). The zero-order valence-corrected chi connectivity index (χ0v) is 19.7. The number of hydrogen-bond acceptors (Lipinski definition) is 8. The largest absolute Gasteiger partial charge is 0.462 e. The van der Waals surface area contributed by atoms with Gasteiger partial charge in [0.1, 0.15) is 10.8 Å². The third-order valence-electron chi connectivity index (χ3n) is 4.84. The van der Waals surface area contributed by atoms with E-state index in [1.165, 1.54) is 31.3 Å². The number of anilines is 1. The van der Waals surface area contributed by atoms with E-state index in [2.05, 4.69) is 15.6 Å². The lowest BCUT2D eigenvalue weighted by Gasteiger charge is -2.09. The van der Waals surface area contributed by atoms with Crippen LogP contribution >= 0.6 is 11.3 Å². The minimum atomic E-state index is -0.787. The van der Waals surface area contributed by atoms with Crippen molar-refractivity contribution in [2.45, 2.75) is 20.8 Å². The molecule has 2 N–H and O–H groups in total. The van der Waals surface area contributed by atoms with E-state index >= 15 is 0 Å². The fourth-order valence-electron chi connectivity index (χ4n) is 3.20. The van der Waals surface area contributed by atoms with Gasteiger partial charge in [0.2, 0.25) is 0 Å². The van der Waals surface area contributed by atoms with Gasteiger partial charge in [-0.15, -0.1) is 11.3 Å². The Kier molecular flexibility index (Phi) is 7.57. The third kappa shape index (κ3) is 5.20. The van der Waals surface area contributed by atoms with Crippen LogP contribution in [0.2, 0.25) is 0 Å². The Morgan fingerprint density at radius 3 is 2.50 bits per heavy atom. The number of rotatable bonds is 7. The number of nitrogens with zero attached hydrogens (tertiary/aromatic N) is 1. The molecule has 34 heavy (non-hydrogen) atoms. The van der Waals surface area contributed by atoms with Gasteiger partial charge in [0.05, 0.1) is 33.8 Å². The second-order valence-corrected chi connectivity index (χ2v) is 8.16. The van der Waals surface area contributed by atoms with Crippen molar-refractivity contribution in [3.05, 3.63) is 57.3 Å². The Morgan fingerprint density at radius 1 is 1.09 bits per heavy atom. The lowest BCUT2D eigenvalue weighted by Crippen LogP contribution is -2.22. The molecule has 0 atom stereocenters. The summed E-state index contributed by atoms with van der Waals surface area (Å²) >= 11 is 0.911. The highest BCUT2D eigenvalue weighted by Gasteiger charge is 2.26. The maximum absolute atomic E-state index is 13.4. The highest BCUT2D eigenvalue weighted by Crippen LogP contribution is 2.33. The summed E-state index contributed by atoms with van der Waals surface area (Å²) < 4.78 is 23.6. The van der Waals surface area contributed by atoms with Crippen LogP contribution in [0.25, 0.3) is 10.9 Å². The Bertz CT molecular complexity index is 1300. The molecule has 2 aromatic heterocycles. The monoisotopic (exact) mass is 487 g/mol. The first kappa shape index (κ1) is 24.8. The first-order valence-electron chi connectivity index (χ1n) is 10.2. The second kappa shape index (κ2) is 10.4. The number of ether oxygens (including phenoxy) is 2. The van der Waals surface area contributed by atoms with Gasteiger partial charge in [0.15, 0.2) is 6.61 Å². The van der Waals surface area contributed by atoms with Gasteiger partial charge in [-0.05, 0) is 44.5 Å². The van der Waals surface area contributed by atoms with Gasteiger partial charge in [-0.2, -0.15) is 0 Å². The van der Waals surface area contributed by atoms with Crippen molar-refractivity contribution in [2.24, 2.45) is 0 Å². The molecule has 1 aromatic carbocycles. The first-order chi connectivity index (χ1) is 16.2. The number of pyridine rings is 1. The van der Waals surface area contributed by atoms with Crippen LogP contribution in [0.5, 0.6) is 0 Å². The van der Waals surface area contributed by atoms with Crippen LogP contribution in [0, 0.1) is 19.7 Å². The summed E-state index contributed by atoms with van der Waals surface area (Å²) in [5, 5.41) is 5.64. The van der Waals surface area contributed by atoms with E-state index in [4.69, 9.17) is 9.47 Å². The molecule has 0 bridgehead atoms. The number of amides is 2. The van der Waals surface area contributed by atoms with E-state index in [0.29, 0.717) is 22.2 Å². The Morgan fingerprint density at radius 2 is 1.82 bits per heavy atom. The lowest BCUT2D eigenvalue weighted by atomic mass is 10.1. The standard InChI is InChI=1S/C23H22FN3O6S/c1-5-32-23(31)18-11(2)19(20(29)25-4)34-21(18)27-17(28)10-33-22(30)15-8-13-6-7-14(24)9-16(13)26-12(15)3/h6-9H,5,10H2,1-4H3,(H,25,29)(H,27,28). The molecule has 0 unspecified atom stereocenters. The summed E-state index contributed by atoms with van der Waals surface area (Å²) in [6, 6.07) is 5.50. The molecule has 0 radical (unpaired) electrons. The van der Waals surface area contributed by atoms with E-state index in [-0.39, 0.29) is 27.6 Å². The molecule has 178 valence electrons. The minimum absolute atomic E-state index is 0.0620. The molecular weight excluding hydrogens is 465 g/mol. The summed E-state index contributed by atoms with van der Waals surface area (Å²) in [5.41, 5.74) is 1.26. The summed E-state index contributed by atoms with van der Waals surface area (Å²) in [4.78, 5) is 54.0. The van der Waals surface area contributed by atoms with E-state index in [1.54, 1.807) is 20.8 Å². The molecule has 3 aromatic rings.